The van der Waals surface area contributed by atoms with Gasteiger partial charge in [-0.1, -0.05) is 36.2 Å². The molecule has 1 aromatic heterocycles. The van der Waals surface area contributed by atoms with Crippen molar-refractivity contribution in [3.63, 3.8) is 0 Å². The molecule has 2 rings (SSSR count). The molecule has 0 amide bonds. The zero-order valence-corrected chi connectivity index (χ0v) is 13.3. The topological polar surface area (TPSA) is 37.8 Å². The van der Waals surface area contributed by atoms with E-state index in [1.54, 1.807) is 24.4 Å². The molecule has 0 atom stereocenters. The first kappa shape index (κ1) is 14.6. The van der Waals surface area contributed by atoms with E-state index >= 15 is 0 Å². The Morgan fingerprint density at radius 3 is 2.58 bits per heavy atom. The maximum absolute atomic E-state index is 6.16. The lowest BCUT2D eigenvalue weighted by molar-refractivity contribution is 0.963. The van der Waals surface area contributed by atoms with Gasteiger partial charge in [0.2, 0.25) is 0 Å². The number of benzene rings is 1. The van der Waals surface area contributed by atoms with Gasteiger partial charge in [0.25, 0.3) is 0 Å². The first-order chi connectivity index (χ1) is 9.13. The zero-order chi connectivity index (χ0) is 13.8. The molecule has 0 saturated heterocycles. The van der Waals surface area contributed by atoms with E-state index in [4.69, 9.17) is 23.2 Å². The van der Waals surface area contributed by atoms with Crippen molar-refractivity contribution in [2.75, 3.05) is 11.9 Å². The van der Waals surface area contributed by atoms with Gasteiger partial charge in [-0.25, -0.2) is 9.97 Å². The Bertz CT molecular complexity index is 570. The molecule has 1 aromatic carbocycles. The molecule has 19 heavy (non-hydrogen) atoms. The smallest absolute Gasteiger partial charge is 0.164 e. The van der Waals surface area contributed by atoms with E-state index in [9.17, 15) is 0 Å². The van der Waals surface area contributed by atoms with Gasteiger partial charge in [0, 0.05) is 12.7 Å². The Labute approximate surface area is 130 Å². The van der Waals surface area contributed by atoms with Gasteiger partial charge in [0.05, 0.1) is 20.1 Å². The molecule has 1 N–H and O–H groups in total. The minimum Gasteiger partial charge on any atom is -0.369 e. The summed E-state index contributed by atoms with van der Waals surface area (Å²) in [6.45, 7) is 2.93. The quantitative estimate of drug-likeness (QED) is 0.830. The molecule has 100 valence electrons. The van der Waals surface area contributed by atoms with Gasteiger partial charge in [-0.2, -0.15) is 0 Å². The number of nitrogens with zero attached hydrogens (tertiary/aromatic N) is 2. The summed E-state index contributed by atoms with van der Waals surface area (Å²) < 4.78 is 0.813. The second kappa shape index (κ2) is 6.55. The molecule has 0 bridgehead atoms. The third-order valence-corrected chi connectivity index (χ3v) is 3.68. The van der Waals surface area contributed by atoms with Crippen molar-refractivity contribution in [3.8, 4) is 11.4 Å². The van der Waals surface area contributed by atoms with Crippen molar-refractivity contribution in [1.82, 2.24) is 9.97 Å². The summed E-state index contributed by atoms with van der Waals surface area (Å²) in [7, 11) is 0. The predicted octanol–water partition coefficient (Wildman–Crippen LogP) is 5.03. The van der Waals surface area contributed by atoms with E-state index in [1.807, 2.05) is 0 Å². The van der Waals surface area contributed by atoms with E-state index in [2.05, 4.69) is 38.1 Å². The van der Waals surface area contributed by atoms with Crippen LogP contribution in [0.1, 0.15) is 13.3 Å². The molecule has 0 radical (unpaired) electrons. The predicted molar refractivity (Wildman–Crippen MR) is 84.0 cm³/mol. The monoisotopic (exact) mass is 359 g/mol. The number of hydrogen-bond acceptors (Lipinski definition) is 3. The van der Waals surface area contributed by atoms with Crippen LogP contribution in [0.25, 0.3) is 11.4 Å². The van der Waals surface area contributed by atoms with Gasteiger partial charge in [0.1, 0.15) is 5.82 Å². The molecule has 0 aliphatic rings. The lowest BCUT2D eigenvalue weighted by Crippen LogP contribution is -2.04. The Morgan fingerprint density at radius 2 is 1.95 bits per heavy atom. The Morgan fingerprint density at radius 1 is 1.26 bits per heavy atom. The molecule has 0 fully saturated rings. The second-order valence-corrected chi connectivity index (χ2v) is 5.58. The number of anilines is 1. The molecule has 1 heterocycles. The lowest BCUT2D eigenvalue weighted by atomic mass is 10.2. The highest BCUT2D eigenvalue weighted by atomic mass is 79.9. The largest absolute Gasteiger partial charge is 0.369 e. The molecule has 0 aliphatic carbocycles. The van der Waals surface area contributed by atoms with Crippen LogP contribution in [-0.4, -0.2) is 16.5 Å². The van der Waals surface area contributed by atoms with Crippen LogP contribution in [0.4, 0.5) is 5.82 Å². The SMILES string of the molecule is CCCNc1nc(-c2c(Cl)cccc2Cl)ncc1Br. The van der Waals surface area contributed by atoms with Gasteiger partial charge in [0.15, 0.2) is 5.82 Å². The fraction of sp³-hybridized carbons (Fsp3) is 0.231. The number of rotatable bonds is 4. The van der Waals surface area contributed by atoms with Crippen molar-refractivity contribution in [2.45, 2.75) is 13.3 Å². The summed E-state index contributed by atoms with van der Waals surface area (Å²) in [4.78, 5) is 8.74. The number of aromatic nitrogens is 2. The summed E-state index contributed by atoms with van der Waals surface area (Å²) in [5, 5.41) is 4.30. The minimum atomic E-state index is 0.511. The summed E-state index contributed by atoms with van der Waals surface area (Å²) in [6.07, 6.45) is 2.71. The highest BCUT2D eigenvalue weighted by Crippen LogP contribution is 2.33. The molecule has 2 aromatic rings. The summed E-state index contributed by atoms with van der Waals surface area (Å²) >= 11 is 15.7. The minimum absolute atomic E-state index is 0.511. The van der Waals surface area contributed by atoms with E-state index in [0.29, 0.717) is 21.4 Å². The van der Waals surface area contributed by atoms with E-state index in [-0.39, 0.29) is 0 Å². The normalized spacial score (nSPS) is 10.5. The molecule has 0 spiro atoms. The summed E-state index contributed by atoms with van der Waals surface area (Å²) in [6, 6.07) is 5.34. The Hall–Kier alpha value is -0.840. The van der Waals surface area contributed by atoms with Crippen LogP contribution >= 0.6 is 39.1 Å². The average molecular weight is 361 g/mol. The number of nitrogens with one attached hydrogen (secondary N) is 1. The number of halogens is 3. The lowest BCUT2D eigenvalue weighted by Gasteiger charge is -2.10. The summed E-state index contributed by atoms with van der Waals surface area (Å²) in [5.41, 5.74) is 0.651. The fourth-order valence-electron chi connectivity index (χ4n) is 1.57. The van der Waals surface area contributed by atoms with Gasteiger partial charge in [-0.3, -0.25) is 0 Å². The van der Waals surface area contributed by atoms with Crippen molar-refractivity contribution in [3.05, 3.63) is 38.9 Å². The number of hydrogen-bond donors (Lipinski definition) is 1. The van der Waals surface area contributed by atoms with Crippen LogP contribution in [0.2, 0.25) is 10.0 Å². The molecule has 0 unspecified atom stereocenters. The Balaban J connectivity index is 2.45. The van der Waals surface area contributed by atoms with Crippen molar-refractivity contribution in [2.24, 2.45) is 0 Å². The maximum Gasteiger partial charge on any atom is 0.164 e. The second-order valence-electron chi connectivity index (χ2n) is 3.91. The van der Waals surface area contributed by atoms with E-state index in [0.717, 1.165) is 23.3 Å². The van der Waals surface area contributed by atoms with Crippen LogP contribution in [0.15, 0.2) is 28.9 Å². The standard InChI is InChI=1S/C13H12BrCl2N3/c1-2-6-17-12-8(14)7-18-13(19-12)11-9(15)4-3-5-10(11)16/h3-5,7H,2,6H2,1H3,(H,17,18,19). The van der Waals surface area contributed by atoms with Crippen LogP contribution < -0.4 is 5.32 Å². The van der Waals surface area contributed by atoms with Gasteiger partial charge < -0.3 is 5.32 Å². The highest BCUT2D eigenvalue weighted by molar-refractivity contribution is 9.10. The first-order valence-electron chi connectivity index (χ1n) is 5.84. The highest BCUT2D eigenvalue weighted by Gasteiger charge is 2.13. The van der Waals surface area contributed by atoms with Crippen LogP contribution in [0.5, 0.6) is 0 Å². The van der Waals surface area contributed by atoms with Crippen LogP contribution in [0.3, 0.4) is 0 Å². The molecule has 3 nitrogen and oxygen atoms in total. The molecular formula is C13H12BrCl2N3. The van der Waals surface area contributed by atoms with Gasteiger partial charge in [-0.15, -0.1) is 0 Å². The molecule has 0 aliphatic heterocycles. The fourth-order valence-corrected chi connectivity index (χ4v) is 2.46. The zero-order valence-electron chi connectivity index (χ0n) is 10.3. The van der Waals surface area contributed by atoms with Crippen molar-refractivity contribution in [1.29, 1.82) is 0 Å². The van der Waals surface area contributed by atoms with E-state index < -0.39 is 0 Å². The van der Waals surface area contributed by atoms with Gasteiger partial charge >= 0.3 is 0 Å². The van der Waals surface area contributed by atoms with Crippen molar-refractivity contribution >= 4 is 44.9 Å². The van der Waals surface area contributed by atoms with E-state index in [1.165, 1.54) is 0 Å². The summed E-state index contributed by atoms with van der Waals surface area (Å²) in [5.74, 6) is 1.25. The first-order valence-corrected chi connectivity index (χ1v) is 7.39. The van der Waals surface area contributed by atoms with Crippen molar-refractivity contribution < 1.29 is 0 Å². The average Bonchev–Trinajstić information content (AvgIpc) is 2.39. The Kier molecular flexibility index (Phi) is 5.02. The van der Waals surface area contributed by atoms with Gasteiger partial charge in [-0.05, 0) is 34.5 Å². The molecule has 0 saturated carbocycles. The maximum atomic E-state index is 6.16. The molecular weight excluding hydrogens is 349 g/mol. The van der Waals surface area contributed by atoms with Crippen LogP contribution in [-0.2, 0) is 0 Å². The molecule has 6 heteroatoms. The van der Waals surface area contributed by atoms with Crippen LogP contribution in [0, 0.1) is 0 Å². The third kappa shape index (κ3) is 3.38. The third-order valence-electron chi connectivity index (χ3n) is 2.47.